The van der Waals surface area contributed by atoms with Crippen LogP contribution in [-0.2, 0) is 4.79 Å². The molecule has 0 bridgehead atoms. The number of carbonyl (C=O) groups is 1. The number of pyridine rings is 1. The Bertz CT molecular complexity index is 368. The standard InChI is InChI=1S/C8H7F2IN2O2/c1-15-6-2-5(3-12-4-6)13-7(14)8(9,10)11/h2-4H,1H3,(H,13,14). The van der Waals surface area contributed by atoms with Crippen molar-refractivity contribution in [3.05, 3.63) is 18.5 Å². The first-order valence-corrected chi connectivity index (χ1v) is 4.88. The smallest absolute Gasteiger partial charge is 0.372 e. The van der Waals surface area contributed by atoms with E-state index in [1.807, 2.05) is 5.32 Å². The third-order valence-corrected chi connectivity index (χ3v) is 1.95. The van der Waals surface area contributed by atoms with E-state index in [-0.39, 0.29) is 5.69 Å². The number of aromatic nitrogens is 1. The van der Waals surface area contributed by atoms with E-state index in [1.54, 1.807) is 0 Å². The van der Waals surface area contributed by atoms with E-state index >= 15 is 0 Å². The molecule has 1 aromatic rings. The molecule has 1 rings (SSSR count). The highest BCUT2D eigenvalue weighted by Gasteiger charge is 2.34. The Morgan fingerprint density at radius 1 is 1.60 bits per heavy atom. The van der Waals surface area contributed by atoms with Gasteiger partial charge in [0.05, 0.1) is 25.2 Å². The molecule has 0 saturated heterocycles. The SMILES string of the molecule is COc1cncc(NC(=O)C(F)(F)I)c1. The second-order valence-corrected chi connectivity index (χ2v) is 3.92. The summed E-state index contributed by atoms with van der Waals surface area (Å²) in [5, 5.41) is 2.02. The van der Waals surface area contributed by atoms with Crippen LogP contribution in [0.5, 0.6) is 5.75 Å². The summed E-state index contributed by atoms with van der Waals surface area (Å²) < 4.78 is 26.4. The highest BCUT2D eigenvalue weighted by molar-refractivity contribution is 14.1. The van der Waals surface area contributed by atoms with Crippen LogP contribution in [0, 0.1) is 0 Å². The Hall–Kier alpha value is -0.990. The van der Waals surface area contributed by atoms with Crippen LogP contribution in [0.2, 0.25) is 0 Å². The van der Waals surface area contributed by atoms with Gasteiger partial charge in [0.15, 0.2) is 0 Å². The maximum absolute atomic E-state index is 12.5. The Kier molecular flexibility index (Phi) is 3.77. The van der Waals surface area contributed by atoms with E-state index in [2.05, 4.69) is 4.98 Å². The number of nitrogens with one attached hydrogen (secondary N) is 1. The van der Waals surface area contributed by atoms with E-state index in [0.717, 1.165) is 22.6 Å². The summed E-state index contributed by atoms with van der Waals surface area (Å²) in [4.78, 5) is 14.6. The molecular formula is C8H7F2IN2O2. The van der Waals surface area contributed by atoms with Crippen molar-refractivity contribution in [1.82, 2.24) is 4.98 Å². The lowest BCUT2D eigenvalue weighted by Gasteiger charge is -2.09. The van der Waals surface area contributed by atoms with Crippen LogP contribution >= 0.6 is 22.6 Å². The molecule has 1 amide bonds. The van der Waals surface area contributed by atoms with E-state index < -0.39 is 9.84 Å². The number of halogens is 3. The molecular weight excluding hydrogens is 321 g/mol. The fourth-order valence-corrected chi connectivity index (χ4v) is 0.936. The van der Waals surface area contributed by atoms with Crippen molar-refractivity contribution in [3.8, 4) is 5.75 Å². The molecule has 0 saturated carbocycles. The molecule has 1 aromatic heterocycles. The fraction of sp³-hybridized carbons (Fsp3) is 0.250. The van der Waals surface area contributed by atoms with E-state index in [9.17, 15) is 13.6 Å². The molecule has 0 spiro atoms. The number of rotatable bonds is 3. The Labute approximate surface area is 98.2 Å². The lowest BCUT2D eigenvalue weighted by Crippen LogP contribution is -2.28. The van der Waals surface area contributed by atoms with Crippen molar-refractivity contribution in [2.45, 2.75) is 3.93 Å². The predicted octanol–water partition coefficient (Wildman–Crippen LogP) is 2.06. The van der Waals surface area contributed by atoms with Gasteiger partial charge in [-0.2, -0.15) is 8.78 Å². The van der Waals surface area contributed by atoms with Crippen LogP contribution in [0.25, 0.3) is 0 Å². The zero-order valence-corrected chi connectivity index (χ0v) is 9.79. The van der Waals surface area contributed by atoms with Gasteiger partial charge in [0.25, 0.3) is 0 Å². The van der Waals surface area contributed by atoms with Gasteiger partial charge in [-0.05, 0) is 0 Å². The van der Waals surface area contributed by atoms with Crippen molar-refractivity contribution < 1.29 is 18.3 Å². The molecule has 1 N–H and O–H groups in total. The number of anilines is 1. The van der Waals surface area contributed by atoms with E-state index in [4.69, 9.17) is 4.74 Å². The van der Waals surface area contributed by atoms with Gasteiger partial charge in [0, 0.05) is 28.7 Å². The average Bonchev–Trinajstić information content (AvgIpc) is 2.16. The van der Waals surface area contributed by atoms with Gasteiger partial charge in [0.2, 0.25) is 0 Å². The predicted molar refractivity (Wildman–Crippen MR) is 58.4 cm³/mol. The summed E-state index contributed by atoms with van der Waals surface area (Å²) >= 11 is 0.750. The molecule has 0 aliphatic rings. The van der Waals surface area contributed by atoms with Gasteiger partial charge in [0.1, 0.15) is 5.75 Å². The van der Waals surface area contributed by atoms with Crippen molar-refractivity contribution in [2.75, 3.05) is 12.4 Å². The summed E-state index contributed by atoms with van der Waals surface area (Å²) in [5.74, 6) is -1.01. The number of amides is 1. The van der Waals surface area contributed by atoms with Gasteiger partial charge in [-0.1, -0.05) is 0 Å². The highest BCUT2D eigenvalue weighted by atomic mass is 127. The minimum atomic E-state index is -3.44. The lowest BCUT2D eigenvalue weighted by atomic mass is 10.4. The maximum atomic E-state index is 12.5. The van der Waals surface area contributed by atoms with Gasteiger partial charge >= 0.3 is 9.84 Å². The van der Waals surface area contributed by atoms with Crippen LogP contribution < -0.4 is 10.1 Å². The molecule has 0 fully saturated rings. The van der Waals surface area contributed by atoms with Crippen molar-refractivity contribution in [1.29, 1.82) is 0 Å². The third kappa shape index (κ3) is 3.57. The summed E-state index contributed by atoms with van der Waals surface area (Å²) in [6, 6.07) is 1.40. The van der Waals surface area contributed by atoms with Crippen molar-refractivity contribution >= 4 is 34.2 Å². The molecule has 4 nitrogen and oxygen atoms in total. The first-order valence-electron chi connectivity index (χ1n) is 3.80. The number of hydrogen-bond acceptors (Lipinski definition) is 3. The van der Waals surface area contributed by atoms with Crippen LogP contribution in [0.15, 0.2) is 18.5 Å². The second-order valence-electron chi connectivity index (χ2n) is 2.57. The molecule has 0 atom stereocenters. The van der Waals surface area contributed by atoms with Gasteiger partial charge in [-0.25, -0.2) is 0 Å². The Balaban J connectivity index is 2.77. The number of ether oxygens (including phenoxy) is 1. The number of alkyl halides is 3. The number of nitrogens with zero attached hydrogens (tertiary/aromatic N) is 1. The number of methoxy groups -OCH3 is 1. The third-order valence-electron chi connectivity index (χ3n) is 1.46. The molecule has 0 unspecified atom stereocenters. The molecule has 0 aliphatic carbocycles. The second kappa shape index (κ2) is 4.69. The summed E-state index contributed by atoms with van der Waals surface area (Å²) in [6.07, 6.45) is 2.65. The van der Waals surface area contributed by atoms with Gasteiger partial charge < -0.3 is 10.1 Å². The van der Waals surface area contributed by atoms with Gasteiger partial charge in [-0.3, -0.25) is 9.78 Å². The summed E-state index contributed by atoms with van der Waals surface area (Å²) in [7, 11) is 1.41. The minimum absolute atomic E-state index is 0.163. The fourth-order valence-electron chi connectivity index (χ4n) is 0.801. The number of hydrogen-bond donors (Lipinski definition) is 1. The average molecular weight is 328 g/mol. The maximum Gasteiger partial charge on any atom is 0.372 e. The van der Waals surface area contributed by atoms with Gasteiger partial charge in [-0.15, -0.1) is 0 Å². The molecule has 0 radical (unpaired) electrons. The zero-order chi connectivity index (χ0) is 11.5. The topological polar surface area (TPSA) is 51.2 Å². The monoisotopic (exact) mass is 328 g/mol. The van der Waals surface area contributed by atoms with Crippen LogP contribution in [0.1, 0.15) is 0 Å². The molecule has 1 heterocycles. The molecule has 7 heteroatoms. The lowest BCUT2D eigenvalue weighted by molar-refractivity contribution is -0.127. The largest absolute Gasteiger partial charge is 0.495 e. The highest BCUT2D eigenvalue weighted by Crippen LogP contribution is 2.24. The minimum Gasteiger partial charge on any atom is -0.495 e. The van der Waals surface area contributed by atoms with Crippen LogP contribution in [0.3, 0.4) is 0 Å². The molecule has 0 aliphatic heterocycles. The van der Waals surface area contributed by atoms with Crippen molar-refractivity contribution in [2.24, 2.45) is 0 Å². The quantitative estimate of drug-likeness (QED) is 0.683. The molecule has 0 aromatic carbocycles. The normalized spacial score (nSPS) is 10.9. The van der Waals surface area contributed by atoms with Crippen LogP contribution in [0.4, 0.5) is 14.5 Å². The first-order chi connectivity index (χ1) is 6.93. The first kappa shape index (κ1) is 12.1. The summed E-state index contributed by atoms with van der Waals surface area (Å²) in [6.45, 7) is 0. The van der Waals surface area contributed by atoms with E-state index in [1.165, 1.54) is 25.6 Å². The molecule has 15 heavy (non-hydrogen) atoms. The summed E-state index contributed by atoms with van der Waals surface area (Å²) in [5.41, 5.74) is 0.163. The molecule has 82 valence electrons. The van der Waals surface area contributed by atoms with Crippen molar-refractivity contribution in [3.63, 3.8) is 0 Å². The van der Waals surface area contributed by atoms with E-state index in [0.29, 0.717) is 5.75 Å². The zero-order valence-electron chi connectivity index (χ0n) is 7.63. The Morgan fingerprint density at radius 3 is 2.80 bits per heavy atom. The Morgan fingerprint density at radius 2 is 2.27 bits per heavy atom. The number of carbonyl (C=O) groups excluding carboxylic acids is 1. The van der Waals surface area contributed by atoms with Crippen LogP contribution in [-0.4, -0.2) is 21.9 Å².